The minimum atomic E-state index is -1.09. The van der Waals surface area contributed by atoms with Crippen LogP contribution < -0.4 is 5.32 Å². The molecule has 0 bridgehead atoms. The van der Waals surface area contributed by atoms with E-state index < -0.39 is 29.9 Å². The highest BCUT2D eigenvalue weighted by Crippen LogP contribution is 2.41. The van der Waals surface area contributed by atoms with Crippen molar-refractivity contribution in [2.75, 3.05) is 5.32 Å². The first-order valence-corrected chi connectivity index (χ1v) is 10.8. The number of nitrogens with zero attached hydrogens (tertiary/aromatic N) is 7. The molecular formula is C21H16ClF2N9O. The quantitative estimate of drug-likeness (QED) is 0.394. The van der Waals surface area contributed by atoms with Gasteiger partial charge in [0.2, 0.25) is 5.91 Å². The van der Waals surface area contributed by atoms with Crippen LogP contribution in [-0.2, 0) is 4.79 Å². The van der Waals surface area contributed by atoms with E-state index in [0.29, 0.717) is 33.5 Å². The number of pyridine rings is 1. The molecule has 0 aliphatic heterocycles. The van der Waals surface area contributed by atoms with Gasteiger partial charge in [-0.1, -0.05) is 11.6 Å². The molecule has 0 radical (unpaired) electrons. The average Bonchev–Trinajstić information content (AvgIpc) is 3.26. The molecule has 10 nitrogen and oxygen atoms in total. The number of carbonyl (C=O) groups is 1. The number of benzene rings is 1. The van der Waals surface area contributed by atoms with Gasteiger partial charge in [0.25, 0.3) is 0 Å². The van der Waals surface area contributed by atoms with Crippen LogP contribution in [0.1, 0.15) is 24.9 Å². The molecule has 13 heteroatoms. The van der Waals surface area contributed by atoms with Crippen molar-refractivity contribution in [1.29, 1.82) is 0 Å². The molecule has 4 heterocycles. The monoisotopic (exact) mass is 483 g/mol. The maximum Gasteiger partial charge on any atom is 0.231 e. The number of carbonyl (C=O) groups excluding carboxylic acids is 1. The molecule has 1 aliphatic rings. The van der Waals surface area contributed by atoms with Crippen molar-refractivity contribution in [2.45, 2.75) is 25.6 Å². The lowest BCUT2D eigenvalue weighted by Gasteiger charge is -2.16. The van der Waals surface area contributed by atoms with E-state index in [4.69, 9.17) is 11.6 Å². The number of halogens is 3. The zero-order chi connectivity index (χ0) is 23.6. The zero-order valence-electron chi connectivity index (χ0n) is 17.6. The molecule has 6 rings (SSSR count). The van der Waals surface area contributed by atoms with Crippen LogP contribution in [-0.4, -0.2) is 51.9 Å². The summed E-state index contributed by atoms with van der Waals surface area (Å²) in [7, 11) is 0. The topological polar surface area (TPSA) is 119 Å². The zero-order valence-corrected chi connectivity index (χ0v) is 18.3. The Balaban J connectivity index is 1.43. The number of H-pyrrole nitrogens is 1. The highest BCUT2D eigenvalue weighted by Gasteiger charge is 2.43. The van der Waals surface area contributed by atoms with Crippen molar-refractivity contribution in [1.82, 2.24) is 39.8 Å². The summed E-state index contributed by atoms with van der Waals surface area (Å²) >= 11 is 6.56. The van der Waals surface area contributed by atoms with E-state index in [1.54, 1.807) is 42.0 Å². The number of fused-ring (bicyclic) bond motifs is 2. The fourth-order valence-corrected chi connectivity index (χ4v) is 4.45. The van der Waals surface area contributed by atoms with E-state index in [-0.39, 0.29) is 17.0 Å². The van der Waals surface area contributed by atoms with Gasteiger partial charge in [0.15, 0.2) is 12.1 Å². The van der Waals surface area contributed by atoms with Crippen LogP contribution in [0.25, 0.3) is 27.7 Å². The molecule has 0 spiro atoms. The molecule has 34 heavy (non-hydrogen) atoms. The van der Waals surface area contributed by atoms with Crippen LogP contribution in [0.5, 0.6) is 0 Å². The van der Waals surface area contributed by atoms with Crippen molar-refractivity contribution >= 4 is 39.9 Å². The number of nitrogens with one attached hydrogen (secondary N) is 2. The normalized spacial score (nSPS) is 18.5. The van der Waals surface area contributed by atoms with Gasteiger partial charge in [-0.3, -0.25) is 9.89 Å². The Kier molecular flexibility index (Phi) is 4.59. The van der Waals surface area contributed by atoms with E-state index in [9.17, 15) is 9.18 Å². The number of tetrazole rings is 1. The SMILES string of the molecule is C[C@@H](c1c(F)c(Cl)c(-c2ccc3nc(NC(=O)[C@@H]4C[C@@H]4F)cn3c2)c2cn[nH]c12)n1ncnn1. The lowest BCUT2D eigenvalue weighted by molar-refractivity contribution is -0.117. The maximum absolute atomic E-state index is 15.6. The summed E-state index contributed by atoms with van der Waals surface area (Å²) in [6, 6.07) is 2.88. The van der Waals surface area contributed by atoms with Crippen LogP contribution in [0.4, 0.5) is 14.6 Å². The molecule has 1 saturated carbocycles. The van der Waals surface area contributed by atoms with Crippen molar-refractivity contribution in [3.05, 3.63) is 53.5 Å². The maximum atomic E-state index is 15.6. The molecule has 1 amide bonds. The summed E-state index contributed by atoms with van der Waals surface area (Å²) in [4.78, 5) is 17.7. The van der Waals surface area contributed by atoms with Gasteiger partial charge in [-0.25, -0.2) is 13.8 Å². The van der Waals surface area contributed by atoms with Crippen LogP contribution >= 0.6 is 11.6 Å². The van der Waals surface area contributed by atoms with Crippen LogP contribution in [0, 0.1) is 11.7 Å². The Morgan fingerprint density at radius 1 is 1.35 bits per heavy atom. The summed E-state index contributed by atoms with van der Waals surface area (Å²) in [5.41, 5.74) is 2.34. The summed E-state index contributed by atoms with van der Waals surface area (Å²) in [6.07, 6.45) is 5.32. The highest BCUT2D eigenvalue weighted by atomic mass is 35.5. The van der Waals surface area contributed by atoms with Crippen molar-refractivity contribution in [3.63, 3.8) is 0 Å². The third-order valence-corrected chi connectivity index (χ3v) is 6.35. The van der Waals surface area contributed by atoms with Crippen molar-refractivity contribution in [3.8, 4) is 11.1 Å². The van der Waals surface area contributed by atoms with Crippen molar-refractivity contribution in [2.24, 2.45) is 5.92 Å². The predicted molar refractivity (Wildman–Crippen MR) is 119 cm³/mol. The van der Waals surface area contributed by atoms with E-state index in [1.807, 2.05) is 0 Å². The fourth-order valence-electron chi connectivity index (χ4n) is 4.13. The largest absolute Gasteiger partial charge is 0.309 e. The molecule has 4 aromatic heterocycles. The van der Waals surface area contributed by atoms with Gasteiger partial charge in [-0.05, 0) is 30.7 Å². The molecular weight excluding hydrogens is 468 g/mol. The first-order chi connectivity index (χ1) is 16.4. The lowest BCUT2D eigenvalue weighted by atomic mass is 9.97. The first-order valence-electron chi connectivity index (χ1n) is 10.4. The summed E-state index contributed by atoms with van der Waals surface area (Å²) < 4.78 is 30.4. The smallest absolute Gasteiger partial charge is 0.231 e. The van der Waals surface area contributed by atoms with Gasteiger partial charge < -0.3 is 9.72 Å². The summed E-state index contributed by atoms with van der Waals surface area (Å²) in [5.74, 6) is -1.34. The molecule has 2 N–H and O–H groups in total. The Morgan fingerprint density at radius 2 is 2.18 bits per heavy atom. The first kappa shape index (κ1) is 20.7. The Hall–Kier alpha value is -3.93. The molecule has 5 aromatic rings. The Bertz CT molecular complexity index is 1560. The van der Waals surface area contributed by atoms with Crippen molar-refractivity contribution < 1.29 is 13.6 Å². The minimum Gasteiger partial charge on any atom is -0.309 e. The second kappa shape index (κ2) is 7.55. The van der Waals surface area contributed by atoms with Gasteiger partial charge in [0.05, 0.1) is 28.9 Å². The third-order valence-electron chi connectivity index (χ3n) is 6.00. The second-order valence-corrected chi connectivity index (χ2v) is 8.54. The highest BCUT2D eigenvalue weighted by molar-refractivity contribution is 6.35. The molecule has 1 aliphatic carbocycles. The number of aromatic nitrogens is 8. The van der Waals surface area contributed by atoms with Gasteiger partial charge in [-0.15, -0.1) is 10.2 Å². The Morgan fingerprint density at radius 3 is 2.91 bits per heavy atom. The number of rotatable bonds is 5. The van der Waals surface area contributed by atoms with E-state index in [0.717, 1.165) is 0 Å². The number of imidazole rings is 1. The van der Waals surface area contributed by atoms with E-state index in [2.05, 4.69) is 35.9 Å². The number of anilines is 1. The predicted octanol–water partition coefficient (Wildman–Crippen LogP) is 3.56. The number of hydrogen-bond donors (Lipinski definition) is 2. The molecule has 1 fully saturated rings. The fraction of sp³-hybridized carbons (Fsp3) is 0.238. The Labute approximate surface area is 194 Å². The van der Waals surface area contributed by atoms with Gasteiger partial charge in [0.1, 0.15) is 23.7 Å². The van der Waals surface area contributed by atoms with Gasteiger partial charge in [-0.2, -0.15) is 9.90 Å². The average molecular weight is 484 g/mol. The van der Waals surface area contributed by atoms with Gasteiger partial charge >= 0.3 is 0 Å². The van der Waals surface area contributed by atoms with Gasteiger partial charge in [0, 0.05) is 28.3 Å². The third kappa shape index (κ3) is 3.21. The standard InChI is InChI=1S/C21H16ClF2N9O/c1-9(33-27-8-26-31-33)16-19(24)18(22)17(12-5-25-30-20(12)16)10-2-3-15-28-14(7-32(15)6-10)29-21(34)11-4-13(11)23/h2-3,5-9,11,13H,4H2,1H3,(H,25,30)(H,29,34)/t9-,11+,13-/m0/s1. The summed E-state index contributed by atoms with van der Waals surface area (Å²) in [5, 5.41) is 21.7. The number of hydrogen-bond acceptors (Lipinski definition) is 6. The van der Waals surface area contributed by atoms with E-state index in [1.165, 1.54) is 11.1 Å². The summed E-state index contributed by atoms with van der Waals surface area (Å²) in [6.45, 7) is 1.73. The van der Waals surface area contributed by atoms with Crippen LogP contribution in [0.15, 0.2) is 37.1 Å². The molecule has 1 aromatic carbocycles. The molecule has 3 atom stereocenters. The number of aromatic amines is 1. The number of alkyl halides is 1. The second-order valence-electron chi connectivity index (χ2n) is 8.16. The lowest BCUT2D eigenvalue weighted by Crippen LogP contribution is -2.15. The van der Waals surface area contributed by atoms with E-state index >= 15 is 4.39 Å². The molecule has 0 saturated heterocycles. The number of amides is 1. The molecule has 172 valence electrons. The van der Waals surface area contributed by atoms with Crippen LogP contribution in [0.3, 0.4) is 0 Å². The van der Waals surface area contributed by atoms with Crippen LogP contribution in [0.2, 0.25) is 5.02 Å². The molecule has 0 unspecified atom stereocenters. The minimum absolute atomic E-state index is 0.0772.